The second-order valence-corrected chi connectivity index (χ2v) is 6.86. The van der Waals surface area contributed by atoms with Crippen molar-refractivity contribution in [2.24, 2.45) is 18.9 Å². The van der Waals surface area contributed by atoms with E-state index in [1.54, 1.807) is 25.4 Å². The summed E-state index contributed by atoms with van der Waals surface area (Å²) in [5, 5.41) is 10.1. The van der Waals surface area contributed by atoms with Gasteiger partial charge in [-0.15, -0.1) is 0 Å². The highest BCUT2D eigenvalue weighted by molar-refractivity contribution is 5.75. The number of hydrogen-bond acceptors (Lipinski definition) is 5. The second-order valence-electron chi connectivity index (χ2n) is 6.86. The van der Waals surface area contributed by atoms with E-state index in [1.165, 1.54) is 22.8 Å². The molecule has 0 amide bonds. The maximum Gasteiger partial charge on any atom is 0.294 e. The molecule has 0 aliphatic carbocycles. The summed E-state index contributed by atoms with van der Waals surface area (Å²) in [6.45, 7) is 4.11. The standard InChI is InChI=1S/C20H22FN3O3/c1-12(2)14(11-25)9-18-22-10-13-8-17(20(26)24(3)19(13)23-18)27-16-7-5-4-6-15(16)21/h4-8,10,12,14,25H,9,11H2,1-3H3/t14-/m1/s1. The minimum Gasteiger partial charge on any atom is -0.448 e. The van der Waals surface area contributed by atoms with Crippen LogP contribution in [0.25, 0.3) is 11.0 Å². The first-order chi connectivity index (χ1) is 12.9. The van der Waals surface area contributed by atoms with Crippen molar-refractivity contribution in [3.63, 3.8) is 0 Å². The van der Waals surface area contributed by atoms with E-state index in [4.69, 9.17) is 4.74 Å². The Labute approximate surface area is 156 Å². The molecule has 0 fully saturated rings. The number of fused-ring (bicyclic) bond motifs is 1. The van der Waals surface area contributed by atoms with E-state index in [9.17, 15) is 14.3 Å². The average molecular weight is 371 g/mol. The minimum atomic E-state index is -0.546. The van der Waals surface area contributed by atoms with E-state index in [-0.39, 0.29) is 29.9 Å². The molecule has 7 heteroatoms. The Kier molecular flexibility index (Phi) is 5.51. The van der Waals surface area contributed by atoms with Crippen molar-refractivity contribution in [1.29, 1.82) is 0 Å². The summed E-state index contributed by atoms with van der Waals surface area (Å²) >= 11 is 0. The Morgan fingerprint density at radius 2 is 2.00 bits per heavy atom. The molecule has 2 heterocycles. The molecule has 142 valence electrons. The van der Waals surface area contributed by atoms with Crippen LogP contribution >= 0.6 is 0 Å². The number of hydrogen-bond donors (Lipinski definition) is 1. The maximum absolute atomic E-state index is 13.8. The van der Waals surface area contributed by atoms with Crippen molar-refractivity contribution in [1.82, 2.24) is 14.5 Å². The molecule has 2 aromatic heterocycles. The summed E-state index contributed by atoms with van der Waals surface area (Å²) in [6, 6.07) is 7.42. The molecule has 0 saturated carbocycles. The van der Waals surface area contributed by atoms with E-state index >= 15 is 0 Å². The second kappa shape index (κ2) is 7.84. The van der Waals surface area contributed by atoms with E-state index in [1.807, 2.05) is 13.8 Å². The van der Waals surface area contributed by atoms with Gasteiger partial charge < -0.3 is 9.84 Å². The Hall–Kier alpha value is -2.80. The summed E-state index contributed by atoms with van der Waals surface area (Å²) < 4.78 is 20.7. The van der Waals surface area contributed by atoms with Crippen LogP contribution in [-0.2, 0) is 13.5 Å². The molecule has 0 aliphatic rings. The monoisotopic (exact) mass is 371 g/mol. The Balaban J connectivity index is 1.99. The zero-order chi connectivity index (χ0) is 19.6. The molecule has 1 N–H and O–H groups in total. The first-order valence-electron chi connectivity index (χ1n) is 8.79. The SMILES string of the molecule is CC(C)[C@@H](CO)Cc1ncc2cc(Oc3ccccc3F)c(=O)n(C)c2n1. The van der Waals surface area contributed by atoms with Crippen molar-refractivity contribution in [2.45, 2.75) is 20.3 Å². The van der Waals surface area contributed by atoms with Crippen LogP contribution in [0.5, 0.6) is 11.5 Å². The molecular weight excluding hydrogens is 349 g/mol. The molecule has 0 saturated heterocycles. The fourth-order valence-electron chi connectivity index (χ4n) is 2.82. The lowest BCUT2D eigenvalue weighted by atomic mass is 9.93. The van der Waals surface area contributed by atoms with Gasteiger partial charge in [0.05, 0.1) is 0 Å². The summed E-state index contributed by atoms with van der Waals surface area (Å²) in [7, 11) is 1.58. The van der Waals surface area contributed by atoms with Crippen LogP contribution in [0, 0.1) is 17.7 Å². The summed E-state index contributed by atoms with van der Waals surface area (Å²) in [5.74, 6) is 0.330. The number of aromatic nitrogens is 3. The van der Waals surface area contributed by atoms with Crippen molar-refractivity contribution < 1.29 is 14.2 Å². The minimum absolute atomic E-state index is 0.00173. The molecular formula is C20H22FN3O3. The van der Waals surface area contributed by atoms with Crippen LogP contribution < -0.4 is 10.3 Å². The Morgan fingerprint density at radius 1 is 1.26 bits per heavy atom. The molecule has 1 atom stereocenters. The van der Waals surface area contributed by atoms with Crippen LogP contribution in [0.1, 0.15) is 19.7 Å². The first kappa shape index (κ1) is 19.0. The van der Waals surface area contributed by atoms with Crippen molar-refractivity contribution in [3.8, 4) is 11.5 Å². The van der Waals surface area contributed by atoms with E-state index < -0.39 is 11.4 Å². The van der Waals surface area contributed by atoms with E-state index in [2.05, 4.69) is 9.97 Å². The highest BCUT2D eigenvalue weighted by Crippen LogP contribution is 2.24. The molecule has 0 bridgehead atoms. The van der Waals surface area contributed by atoms with Gasteiger partial charge in [0.15, 0.2) is 17.3 Å². The smallest absolute Gasteiger partial charge is 0.294 e. The lowest BCUT2D eigenvalue weighted by Crippen LogP contribution is -2.21. The van der Waals surface area contributed by atoms with Gasteiger partial charge in [-0.05, 0) is 30.0 Å². The molecule has 3 aromatic rings. The highest BCUT2D eigenvalue weighted by Gasteiger charge is 2.17. The van der Waals surface area contributed by atoms with Crippen LogP contribution in [0.3, 0.4) is 0 Å². The van der Waals surface area contributed by atoms with Crippen molar-refractivity contribution in [2.75, 3.05) is 6.61 Å². The molecule has 0 radical (unpaired) electrons. The van der Waals surface area contributed by atoms with Crippen LogP contribution in [0.15, 0.2) is 41.3 Å². The quantitative estimate of drug-likeness (QED) is 0.721. The number of aliphatic hydroxyl groups is 1. The fourth-order valence-corrected chi connectivity index (χ4v) is 2.82. The first-order valence-corrected chi connectivity index (χ1v) is 8.79. The van der Waals surface area contributed by atoms with Gasteiger partial charge in [-0.25, -0.2) is 14.4 Å². The number of rotatable bonds is 6. The molecule has 0 unspecified atom stereocenters. The number of benzene rings is 1. The number of aliphatic hydroxyl groups excluding tert-OH is 1. The predicted octanol–water partition coefficient (Wildman–Crippen LogP) is 3.07. The third-order valence-corrected chi connectivity index (χ3v) is 4.64. The molecule has 0 spiro atoms. The summed E-state index contributed by atoms with van der Waals surface area (Å²) in [5.41, 5.74) is 0.0456. The summed E-state index contributed by atoms with van der Waals surface area (Å²) in [4.78, 5) is 21.4. The number of aryl methyl sites for hydroxylation is 1. The number of pyridine rings is 1. The zero-order valence-electron chi connectivity index (χ0n) is 15.5. The van der Waals surface area contributed by atoms with Crippen LogP contribution in [0.4, 0.5) is 4.39 Å². The van der Waals surface area contributed by atoms with Gasteiger partial charge in [0.1, 0.15) is 11.5 Å². The van der Waals surface area contributed by atoms with Crippen molar-refractivity contribution in [3.05, 3.63) is 58.5 Å². The lowest BCUT2D eigenvalue weighted by Gasteiger charge is -2.17. The predicted molar refractivity (Wildman–Crippen MR) is 100 cm³/mol. The highest BCUT2D eigenvalue weighted by atomic mass is 19.1. The Morgan fingerprint density at radius 3 is 2.67 bits per heavy atom. The number of halogens is 1. The van der Waals surface area contributed by atoms with Crippen molar-refractivity contribution >= 4 is 11.0 Å². The number of ether oxygens (including phenoxy) is 1. The number of para-hydroxylation sites is 1. The van der Waals surface area contributed by atoms with Gasteiger partial charge in [0.25, 0.3) is 5.56 Å². The topological polar surface area (TPSA) is 77.2 Å². The molecule has 6 nitrogen and oxygen atoms in total. The summed E-state index contributed by atoms with van der Waals surface area (Å²) in [6.07, 6.45) is 2.13. The third kappa shape index (κ3) is 3.98. The third-order valence-electron chi connectivity index (χ3n) is 4.64. The lowest BCUT2D eigenvalue weighted by molar-refractivity contribution is 0.187. The fraction of sp³-hybridized carbons (Fsp3) is 0.350. The van der Waals surface area contributed by atoms with Gasteiger partial charge in [0, 0.05) is 31.7 Å². The largest absolute Gasteiger partial charge is 0.448 e. The normalized spacial score (nSPS) is 12.5. The molecule has 1 aromatic carbocycles. The van der Waals surface area contributed by atoms with Gasteiger partial charge in [0.2, 0.25) is 0 Å². The van der Waals surface area contributed by atoms with Gasteiger partial charge in [-0.2, -0.15) is 0 Å². The molecule has 0 aliphatic heterocycles. The zero-order valence-corrected chi connectivity index (χ0v) is 15.5. The van der Waals surface area contributed by atoms with Crippen LogP contribution in [-0.4, -0.2) is 26.2 Å². The number of nitrogens with zero attached hydrogens (tertiary/aromatic N) is 3. The van der Waals surface area contributed by atoms with E-state index in [0.29, 0.717) is 23.3 Å². The van der Waals surface area contributed by atoms with Gasteiger partial charge in [-0.1, -0.05) is 26.0 Å². The van der Waals surface area contributed by atoms with Gasteiger partial charge >= 0.3 is 0 Å². The Bertz CT molecular complexity index is 1020. The van der Waals surface area contributed by atoms with Crippen LogP contribution in [0.2, 0.25) is 0 Å². The molecule has 3 rings (SSSR count). The van der Waals surface area contributed by atoms with E-state index in [0.717, 1.165) is 0 Å². The average Bonchev–Trinajstić information content (AvgIpc) is 2.65. The maximum atomic E-state index is 13.8. The molecule has 27 heavy (non-hydrogen) atoms. The van der Waals surface area contributed by atoms with Gasteiger partial charge in [-0.3, -0.25) is 9.36 Å².